The Morgan fingerprint density at radius 2 is 0.966 bits per heavy atom. The Kier molecular flexibility index (Phi) is 11.0. The Morgan fingerprint density at radius 1 is 0.483 bits per heavy atom. The summed E-state index contributed by atoms with van der Waals surface area (Å²) in [5.74, 6) is 0. The van der Waals surface area contributed by atoms with Crippen LogP contribution in [0, 0.1) is 0 Å². The first-order valence-corrected chi connectivity index (χ1v) is 12.0. The molecule has 164 valence electrons. The van der Waals surface area contributed by atoms with Crippen molar-refractivity contribution in [3.05, 3.63) is 35.4 Å². The highest BCUT2D eigenvalue weighted by Crippen LogP contribution is 2.14. The molecule has 0 saturated carbocycles. The molecule has 0 amide bonds. The van der Waals surface area contributed by atoms with Gasteiger partial charge in [-0.05, 0) is 76.1 Å². The summed E-state index contributed by atoms with van der Waals surface area (Å²) in [6.45, 7) is 13.6. The maximum absolute atomic E-state index is 3.61. The van der Waals surface area contributed by atoms with Crippen LogP contribution < -0.4 is 16.0 Å². The molecule has 0 aliphatic carbocycles. The van der Waals surface area contributed by atoms with E-state index in [2.05, 4.69) is 50.0 Å². The summed E-state index contributed by atoms with van der Waals surface area (Å²) < 4.78 is 0. The Hall–Kier alpha value is -0.980. The van der Waals surface area contributed by atoms with Crippen LogP contribution in [-0.4, -0.2) is 75.2 Å². The molecule has 2 saturated heterocycles. The van der Waals surface area contributed by atoms with E-state index in [1.807, 2.05) is 0 Å². The molecule has 1 aromatic rings. The van der Waals surface area contributed by atoms with Crippen LogP contribution in [0.4, 0.5) is 0 Å². The van der Waals surface area contributed by atoms with E-state index in [0.717, 1.165) is 65.4 Å². The third kappa shape index (κ3) is 9.58. The van der Waals surface area contributed by atoms with Gasteiger partial charge >= 0.3 is 0 Å². The molecule has 2 aliphatic rings. The smallest absolute Gasteiger partial charge is 0.0234 e. The second-order valence-corrected chi connectivity index (χ2v) is 8.74. The summed E-state index contributed by atoms with van der Waals surface area (Å²) in [6.07, 6.45) is 7.98. The topological polar surface area (TPSA) is 42.6 Å². The van der Waals surface area contributed by atoms with E-state index in [-0.39, 0.29) is 0 Å². The van der Waals surface area contributed by atoms with Gasteiger partial charge < -0.3 is 16.0 Å². The third-order valence-corrected chi connectivity index (χ3v) is 6.15. The van der Waals surface area contributed by atoms with Gasteiger partial charge in [-0.15, -0.1) is 0 Å². The van der Waals surface area contributed by atoms with Crippen LogP contribution in [0.3, 0.4) is 0 Å². The summed E-state index contributed by atoms with van der Waals surface area (Å²) in [5.41, 5.74) is 2.92. The molecule has 3 N–H and O–H groups in total. The van der Waals surface area contributed by atoms with Crippen LogP contribution in [-0.2, 0) is 13.1 Å². The maximum atomic E-state index is 3.61. The lowest BCUT2D eigenvalue weighted by atomic mass is 10.1. The second-order valence-electron chi connectivity index (χ2n) is 8.74. The lowest BCUT2D eigenvalue weighted by Crippen LogP contribution is -2.36. The summed E-state index contributed by atoms with van der Waals surface area (Å²) in [5, 5.41) is 10.7. The zero-order valence-electron chi connectivity index (χ0n) is 18.4. The summed E-state index contributed by atoms with van der Waals surface area (Å²) >= 11 is 0. The fourth-order valence-electron chi connectivity index (χ4n) is 4.39. The van der Waals surface area contributed by atoms with Gasteiger partial charge in [-0.3, -0.25) is 9.80 Å². The van der Waals surface area contributed by atoms with Crippen molar-refractivity contribution in [2.75, 3.05) is 65.4 Å². The first kappa shape index (κ1) is 22.7. The molecular weight excluding hydrogens is 358 g/mol. The molecule has 0 aromatic heterocycles. The molecule has 29 heavy (non-hydrogen) atoms. The molecule has 0 unspecified atom stereocenters. The Balaban J connectivity index is 1.46. The van der Waals surface area contributed by atoms with E-state index in [9.17, 15) is 0 Å². The molecule has 5 heteroatoms. The number of hydrogen-bond donors (Lipinski definition) is 3. The van der Waals surface area contributed by atoms with Crippen LogP contribution in [0.5, 0.6) is 0 Å². The van der Waals surface area contributed by atoms with Gasteiger partial charge in [0.2, 0.25) is 0 Å². The molecule has 2 heterocycles. The Bertz CT molecular complexity index is 511. The van der Waals surface area contributed by atoms with Gasteiger partial charge in [-0.1, -0.05) is 37.1 Å². The number of nitrogens with one attached hydrogen (secondary N) is 3. The molecule has 5 nitrogen and oxygen atoms in total. The highest BCUT2D eigenvalue weighted by molar-refractivity contribution is 5.22. The van der Waals surface area contributed by atoms with Crippen LogP contribution in [0.25, 0.3) is 0 Å². The van der Waals surface area contributed by atoms with Crippen LogP contribution in [0.2, 0.25) is 0 Å². The minimum absolute atomic E-state index is 1.06. The fourth-order valence-corrected chi connectivity index (χ4v) is 4.39. The number of rotatable bonds is 4. The Labute approximate surface area is 178 Å². The van der Waals surface area contributed by atoms with E-state index >= 15 is 0 Å². The van der Waals surface area contributed by atoms with E-state index < -0.39 is 0 Å². The van der Waals surface area contributed by atoms with Crippen molar-refractivity contribution in [1.82, 2.24) is 25.8 Å². The van der Waals surface area contributed by atoms with Crippen molar-refractivity contribution in [2.24, 2.45) is 0 Å². The van der Waals surface area contributed by atoms with Crippen molar-refractivity contribution in [3.8, 4) is 0 Å². The van der Waals surface area contributed by atoms with Gasteiger partial charge in [-0.2, -0.15) is 0 Å². The second kappa shape index (κ2) is 14.1. The predicted octanol–water partition coefficient (Wildman–Crippen LogP) is 2.43. The number of likely N-dealkylation sites (tertiary alicyclic amines) is 1. The predicted molar refractivity (Wildman–Crippen MR) is 123 cm³/mol. The zero-order valence-corrected chi connectivity index (χ0v) is 18.4. The molecule has 0 bridgehead atoms. The molecule has 0 radical (unpaired) electrons. The normalized spacial score (nSPS) is 22.6. The molecule has 2 aliphatic heterocycles. The van der Waals surface area contributed by atoms with E-state index in [1.54, 1.807) is 0 Å². The summed E-state index contributed by atoms with van der Waals surface area (Å²) in [7, 11) is 0. The lowest BCUT2D eigenvalue weighted by Gasteiger charge is -2.24. The third-order valence-electron chi connectivity index (χ3n) is 6.15. The van der Waals surface area contributed by atoms with Crippen molar-refractivity contribution < 1.29 is 0 Å². The molecule has 3 rings (SSSR count). The van der Waals surface area contributed by atoms with E-state index in [1.165, 1.54) is 62.7 Å². The molecule has 2 fully saturated rings. The number of hydrogen-bond acceptors (Lipinski definition) is 5. The SMILES string of the molecule is c1cc(CN2CCCNCCNCCCNCC2)ccc1CN1CCCCCC1. The quantitative estimate of drug-likeness (QED) is 0.723. The standard InChI is InChI=1S/C24H43N5/c1-2-4-18-28(17-3-1)21-23-7-9-24(10-8-23)22-29-19-6-13-26-15-14-25-11-5-12-27-16-20-29/h7-10,25-27H,1-6,11-22H2. The highest BCUT2D eigenvalue weighted by Gasteiger charge is 2.10. The van der Waals surface area contributed by atoms with Crippen molar-refractivity contribution in [1.29, 1.82) is 0 Å². The van der Waals surface area contributed by atoms with Crippen molar-refractivity contribution >= 4 is 0 Å². The monoisotopic (exact) mass is 401 g/mol. The van der Waals surface area contributed by atoms with Gasteiger partial charge in [0, 0.05) is 39.3 Å². The Morgan fingerprint density at radius 3 is 1.59 bits per heavy atom. The van der Waals surface area contributed by atoms with Crippen LogP contribution in [0.1, 0.15) is 49.7 Å². The molecule has 1 aromatic carbocycles. The summed E-state index contributed by atoms with van der Waals surface area (Å²) in [4.78, 5) is 5.25. The highest BCUT2D eigenvalue weighted by atomic mass is 15.1. The average molecular weight is 402 g/mol. The fraction of sp³-hybridized carbons (Fsp3) is 0.750. The van der Waals surface area contributed by atoms with Gasteiger partial charge in [0.25, 0.3) is 0 Å². The van der Waals surface area contributed by atoms with Gasteiger partial charge in [-0.25, -0.2) is 0 Å². The van der Waals surface area contributed by atoms with E-state index in [0.29, 0.717) is 0 Å². The van der Waals surface area contributed by atoms with Crippen LogP contribution in [0.15, 0.2) is 24.3 Å². The number of nitrogens with zero attached hydrogens (tertiary/aromatic N) is 2. The first-order chi connectivity index (χ1) is 14.4. The zero-order chi connectivity index (χ0) is 20.0. The minimum Gasteiger partial charge on any atom is -0.315 e. The lowest BCUT2D eigenvalue weighted by molar-refractivity contribution is 0.259. The van der Waals surface area contributed by atoms with Crippen molar-refractivity contribution in [3.63, 3.8) is 0 Å². The molecular formula is C24H43N5. The average Bonchev–Trinajstić information content (AvgIpc) is 3.01. The molecule has 0 atom stereocenters. The van der Waals surface area contributed by atoms with Gasteiger partial charge in [0.1, 0.15) is 0 Å². The van der Waals surface area contributed by atoms with Gasteiger partial charge in [0.15, 0.2) is 0 Å². The largest absolute Gasteiger partial charge is 0.315 e. The number of benzene rings is 1. The van der Waals surface area contributed by atoms with Gasteiger partial charge in [0.05, 0.1) is 0 Å². The van der Waals surface area contributed by atoms with E-state index in [4.69, 9.17) is 0 Å². The van der Waals surface area contributed by atoms with Crippen molar-refractivity contribution in [2.45, 2.75) is 51.6 Å². The summed E-state index contributed by atoms with van der Waals surface area (Å²) in [6, 6.07) is 9.43. The maximum Gasteiger partial charge on any atom is 0.0234 e. The first-order valence-electron chi connectivity index (χ1n) is 12.0. The minimum atomic E-state index is 1.06. The molecule has 0 spiro atoms. The van der Waals surface area contributed by atoms with Crippen LogP contribution >= 0.6 is 0 Å².